The van der Waals surface area contributed by atoms with Gasteiger partial charge in [0.15, 0.2) is 12.1 Å². The molecule has 2 aliphatic heterocycles. The maximum Gasteiger partial charge on any atom is 0.416 e. The molecule has 1 aromatic heterocycles. The number of benzene rings is 2. The molecule has 1 saturated heterocycles. The maximum atomic E-state index is 13.2. The van der Waals surface area contributed by atoms with Crippen molar-refractivity contribution in [2.75, 3.05) is 4.90 Å². The molecule has 0 spiro atoms. The summed E-state index contributed by atoms with van der Waals surface area (Å²) in [5.74, 6) is -1.86. The van der Waals surface area contributed by atoms with Crippen molar-refractivity contribution in [2.45, 2.75) is 24.8 Å². The molecular formula is C20H12F4N6O3. The zero-order valence-electron chi connectivity index (χ0n) is 16.4. The summed E-state index contributed by atoms with van der Waals surface area (Å²) in [6.45, 7) is -0.201. The normalized spacial score (nSPS) is 20.1. The number of imide groups is 1. The van der Waals surface area contributed by atoms with Crippen molar-refractivity contribution in [3.8, 4) is 11.4 Å². The van der Waals surface area contributed by atoms with Crippen LogP contribution in [0, 0.1) is 5.82 Å². The average Bonchev–Trinajstić information content (AvgIpc) is 3.47. The van der Waals surface area contributed by atoms with Crippen molar-refractivity contribution in [2.24, 2.45) is 10.3 Å². The van der Waals surface area contributed by atoms with Crippen LogP contribution in [0.5, 0.6) is 0 Å². The summed E-state index contributed by atoms with van der Waals surface area (Å²) in [4.78, 5) is 30.6. The Morgan fingerprint density at radius 1 is 1.03 bits per heavy atom. The highest BCUT2D eigenvalue weighted by atomic mass is 19.4. The van der Waals surface area contributed by atoms with Gasteiger partial charge in [-0.1, -0.05) is 22.5 Å². The van der Waals surface area contributed by atoms with E-state index in [1.54, 1.807) is 0 Å². The van der Waals surface area contributed by atoms with Gasteiger partial charge in [0.1, 0.15) is 12.4 Å². The lowest BCUT2D eigenvalue weighted by molar-refractivity contribution is -0.137. The van der Waals surface area contributed by atoms with Crippen molar-refractivity contribution in [3.05, 3.63) is 65.8 Å². The number of carbonyl (C=O) groups excluding carboxylic acids is 2. The lowest BCUT2D eigenvalue weighted by Crippen LogP contribution is -2.39. The van der Waals surface area contributed by atoms with E-state index in [9.17, 15) is 27.2 Å². The van der Waals surface area contributed by atoms with Gasteiger partial charge in [-0.2, -0.15) is 23.3 Å². The second-order valence-corrected chi connectivity index (χ2v) is 7.27. The summed E-state index contributed by atoms with van der Waals surface area (Å²) in [7, 11) is 0. The number of hydrogen-bond acceptors (Lipinski definition) is 8. The van der Waals surface area contributed by atoms with Gasteiger partial charge in [0, 0.05) is 5.56 Å². The van der Waals surface area contributed by atoms with Crippen LogP contribution in [-0.2, 0) is 22.3 Å². The van der Waals surface area contributed by atoms with Gasteiger partial charge in [0.25, 0.3) is 11.8 Å². The maximum absolute atomic E-state index is 13.2. The van der Waals surface area contributed by atoms with E-state index in [0.717, 1.165) is 29.2 Å². The predicted molar refractivity (Wildman–Crippen MR) is 102 cm³/mol. The number of halogens is 4. The smallest absolute Gasteiger partial charge is 0.337 e. The fourth-order valence-electron chi connectivity index (χ4n) is 3.61. The van der Waals surface area contributed by atoms with E-state index in [2.05, 4.69) is 20.5 Å². The zero-order chi connectivity index (χ0) is 23.3. The zero-order valence-corrected chi connectivity index (χ0v) is 16.4. The quantitative estimate of drug-likeness (QED) is 0.437. The molecule has 3 heterocycles. The highest BCUT2D eigenvalue weighted by Crippen LogP contribution is 2.34. The molecule has 2 amide bonds. The van der Waals surface area contributed by atoms with Gasteiger partial charge >= 0.3 is 6.18 Å². The Labute approximate surface area is 182 Å². The van der Waals surface area contributed by atoms with Gasteiger partial charge in [0.2, 0.25) is 11.7 Å². The van der Waals surface area contributed by atoms with E-state index in [4.69, 9.17) is 4.52 Å². The van der Waals surface area contributed by atoms with Gasteiger partial charge in [-0.05, 0) is 36.4 Å². The molecule has 0 radical (unpaired) electrons. The summed E-state index contributed by atoms with van der Waals surface area (Å²) in [6, 6.07) is 7.12. The lowest BCUT2D eigenvalue weighted by Gasteiger charge is -2.19. The first-order valence-electron chi connectivity index (χ1n) is 9.53. The number of rotatable bonds is 4. The Morgan fingerprint density at radius 3 is 2.52 bits per heavy atom. The van der Waals surface area contributed by atoms with Crippen LogP contribution in [0.3, 0.4) is 0 Å². The van der Waals surface area contributed by atoms with Crippen LogP contribution in [0.4, 0.5) is 23.2 Å². The van der Waals surface area contributed by atoms with Crippen LogP contribution in [0.2, 0.25) is 0 Å². The minimum atomic E-state index is -4.53. The predicted octanol–water partition coefficient (Wildman–Crippen LogP) is 3.39. The Bertz CT molecular complexity index is 1270. The van der Waals surface area contributed by atoms with E-state index in [0.29, 0.717) is 0 Å². The molecule has 9 nitrogen and oxygen atoms in total. The number of hydrogen-bond donors (Lipinski definition) is 0. The summed E-state index contributed by atoms with van der Waals surface area (Å²) in [5, 5.41) is 12.6. The van der Waals surface area contributed by atoms with Crippen molar-refractivity contribution in [1.29, 1.82) is 0 Å². The molecule has 13 heteroatoms. The third-order valence-corrected chi connectivity index (χ3v) is 5.16. The first-order chi connectivity index (χ1) is 15.7. The van der Waals surface area contributed by atoms with Crippen molar-refractivity contribution in [1.82, 2.24) is 15.1 Å². The fraction of sp³-hybridized carbons (Fsp3) is 0.200. The summed E-state index contributed by atoms with van der Waals surface area (Å²) in [6.07, 6.45) is -4.53. The minimum Gasteiger partial charge on any atom is -0.337 e. The van der Waals surface area contributed by atoms with Gasteiger partial charge in [-0.15, -0.1) is 0 Å². The Hall–Kier alpha value is -4.16. The van der Waals surface area contributed by atoms with Crippen LogP contribution in [0.15, 0.2) is 63.4 Å². The van der Waals surface area contributed by atoms with E-state index in [1.165, 1.54) is 29.3 Å². The van der Waals surface area contributed by atoms with E-state index < -0.39 is 41.5 Å². The first kappa shape index (κ1) is 20.7. The van der Waals surface area contributed by atoms with Gasteiger partial charge < -0.3 is 4.52 Å². The van der Waals surface area contributed by atoms with Crippen LogP contribution in [0.1, 0.15) is 11.5 Å². The minimum absolute atomic E-state index is 0.0394. The third-order valence-electron chi connectivity index (χ3n) is 5.16. The second-order valence-electron chi connectivity index (χ2n) is 7.27. The second kappa shape index (κ2) is 7.46. The molecule has 2 aliphatic rings. The fourth-order valence-corrected chi connectivity index (χ4v) is 3.61. The highest BCUT2D eigenvalue weighted by Gasteiger charge is 2.55. The Kier molecular flexibility index (Phi) is 4.69. The number of nitrogens with zero attached hydrogens (tertiary/aromatic N) is 6. The number of aromatic nitrogens is 2. The molecular weight excluding hydrogens is 448 g/mol. The van der Waals surface area contributed by atoms with Crippen LogP contribution in [-0.4, -0.2) is 39.0 Å². The molecule has 0 N–H and O–H groups in total. The van der Waals surface area contributed by atoms with Crippen molar-refractivity contribution < 1.29 is 31.7 Å². The molecule has 168 valence electrons. The van der Waals surface area contributed by atoms with Gasteiger partial charge in [-0.25, -0.2) is 9.29 Å². The van der Waals surface area contributed by atoms with Gasteiger partial charge in [-0.3, -0.25) is 14.6 Å². The largest absolute Gasteiger partial charge is 0.416 e. The van der Waals surface area contributed by atoms with E-state index >= 15 is 0 Å². The van der Waals surface area contributed by atoms with Crippen LogP contribution < -0.4 is 4.90 Å². The van der Waals surface area contributed by atoms with Crippen LogP contribution in [0.25, 0.3) is 11.4 Å². The van der Waals surface area contributed by atoms with Crippen molar-refractivity contribution in [3.63, 3.8) is 0 Å². The third kappa shape index (κ3) is 3.60. The Balaban J connectivity index is 1.35. The number of anilines is 1. The van der Waals surface area contributed by atoms with E-state index in [1.807, 2.05) is 0 Å². The standard InChI is InChI=1S/C20H12F4N6O3/c21-12-4-6-13(7-5-12)30-18(31)15-16(19(30)32)29(28-26-15)9-14-25-17(27-33-14)10-2-1-3-11(8-10)20(22,23)24/h1-8,15-16H,9H2/t15-,16-/m0/s1. The number of fused-ring (bicyclic) bond motifs is 1. The van der Waals surface area contributed by atoms with Crippen molar-refractivity contribution >= 4 is 17.5 Å². The number of carbonyl (C=O) groups is 2. The molecule has 5 rings (SSSR count). The van der Waals surface area contributed by atoms with Crippen LogP contribution >= 0.6 is 0 Å². The molecule has 0 unspecified atom stereocenters. The average molecular weight is 460 g/mol. The summed E-state index contributed by atoms with van der Waals surface area (Å²) < 4.78 is 57.2. The molecule has 33 heavy (non-hydrogen) atoms. The Morgan fingerprint density at radius 2 is 1.79 bits per heavy atom. The monoisotopic (exact) mass is 460 g/mol. The molecule has 0 bridgehead atoms. The molecule has 2 aromatic carbocycles. The van der Waals surface area contributed by atoms with E-state index in [-0.39, 0.29) is 29.5 Å². The highest BCUT2D eigenvalue weighted by molar-refractivity contribution is 6.25. The molecule has 0 saturated carbocycles. The topological polar surface area (TPSA) is 104 Å². The number of amides is 2. The first-order valence-corrected chi connectivity index (χ1v) is 9.53. The summed E-state index contributed by atoms with van der Waals surface area (Å²) >= 11 is 0. The summed E-state index contributed by atoms with van der Waals surface area (Å²) in [5.41, 5.74) is -0.575. The molecule has 2 atom stereocenters. The lowest BCUT2D eigenvalue weighted by atomic mass is 10.1. The molecule has 0 aliphatic carbocycles. The SMILES string of the molecule is O=C1[C@H]2N=NN(Cc3nc(-c4cccc(C(F)(F)F)c4)no3)[C@@H]2C(=O)N1c1ccc(F)cc1. The molecule has 1 fully saturated rings. The number of alkyl halides is 3. The van der Waals surface area contributed by atoms with Gasteiger partial charge in [0.05, 0.1) is 11.3 Å². The molecule has 3 aromatic rings.